The minimum atomic E-state index is -4.59. The molecule has 0 aromatic carbocycles. The molecule has 3 aromatic rings. The molecule has 1 aliphatic carbocycles. The van der Waals surface area contributed by atoms with Gasteiger partial charge in [-0.2, -0.15) is 23.4 Å². The molecule has 10 heteroatoms. The zero-order valence-corrected chi connectivity index (χ0v) is 15.4. The summed E-state index contributed by atoms with van der Waals surface area (Å²) in [6.07, 6.45) is -1.27. The van der Waals surface area contributed by atoms with Crippen LogP contribution in [-0.2, 0) is 19.3 Å². The number of aromatic nitrogens is 5. The van der Waals surface area contributed by atoms with Crippen molar-refractivity contribution in [3.63, 3.8) is 0 Å². The maximum Gasteiger partial charge on any atom is 0.433 e. The maximum atomic E-state index is 13.4. The van der Waals surface area contributed by atoms with E-state index in [4.69, 9.17) is 0 Å². The highest BCUT2D eigenvalue weighted by Gasteiger charge is 2.37. The Bertz CT molecular complexity index is 1050. The number of rotatable bonds is 5. The van der Waals surface area contributed by atoms with E-state index in [1.165, 1.54) is 6.07 Å². The molecule has 0 bridgehead atoms. The molecule has 0 spiro atoms. The monoisotopic (exact) mass is 392 g/mol. The second kappa shape index (κ2) is 6.61. The van der Waals surface area contributed by atoms with Crippen molar-refractivity contribution >= 4 is 11.6 Å². The molecule has 0 aliphatic heterocycles. The van der Waals surface area contributed by atoms with Crippen LogP contribution < -0.4 is 5.32 Å². The van der Waals surface area contributed by atoms with Crippen molar-refractivity contribution in [3.05, 3.63) is 46.7 Å². The number of alkyl halides is 3. The average Bonchev–Trinajstić information content (AvgIpc) is 3.31. The molecule has 1 N–H and O–H groups in total. The first-order valence-electron chi connectivity index (χ1n) is 9.05. The van der Waals surface area contributed by atoms with E-state index in [0.29, 0.717) is 16.8 Å². The summed E-state index contributed by atoms with van der Waals surface area (Å²) in [7, 11) is 0. The summed E-state index contributed by atoms with van der Waals surface area (Å²) in [5.74, 6) is -0.508. The molecular weight excluding hydrogens is 373 g/mol. The lowest BCUT2D eigenvalue weighted by Crippen LogP contribution is -2.23. The SMILES string of the molecule is CCn1ncc(CNC(=O)c2cc3nc(C4CC4)cc(C(F)(F)F)n3n2)c1C. The molecule has 1 saturated carbocycles. The highest BCUT2D eigenvalue weighted by Crippen LogP contribution is 2.41. The lowest BCUT2D eigenvalue weighted by molar-refractivity contribution is -0.142. The summed E-state index contributed by atoms with van der Waals surface area (Å²) in [5, 5.41) is 10.7. The number of nitrogens with zero attached hydrogens (tertiary/aromatic N) is 5. The molecule has 7 nitrogen and oxygen atoms in total. The van der Waals surface area contributed by atoms with E-state index in [-0.39, 0.29) is 23.8 Å². The zero-order valence-electron chi connectivity index (χ0n) is 15.4. The Kier molecular flexibility index (Phi) is 4.35. The minimum Gasteiger partial charge on any atom is -0.346 e. The number of fused-ring (bicyclic) bond motifs is 1. The van der Waals surface area contributed by atoms with Crippen molar-refractivity contribution in [2.24, 2.45) is 0 Å². The van der Waals surface area contributed by atoms with Crippen LogP contribution in [0.3, 0.4) is 0 Å². The molecule has 3 aromatic heterocycles. The fraction of sp³-hybridized carbons (Fsp3) is 0.444. The lowest BCUT2D eigenvalue weighted by Gasteiger charge is -2.10. The number of nitrogens with one attached hydrogen (secondary N) is 1. The van der Waals surface area contributed by atoms with Gasteiger partial charge in [0.1, 0.15) is 5.69 Å². The number of hydrogen-bond donors (Lipinski definition) is 1. The topological polar surface area (TPSA) is 77.1 Å². The molecule has 148 valence electrons. The number of carbonyl (C=O) groups is 1. The van der Waals surface area contributed by atoms with Crippen LogP contribution in [0.25, 0.3) is 5.65 Å². The Morgan fingerprint density at radius 1 is 1.32 bits per heavy atom. The molecule has 1 aliphatic rings. The van der Waals surface area contributed by atoms with Crippen molar-refractivity contribution < 1.29 is 18.0 Å². The standard InChI is InChI=1S/C18H19F3N6O/c1-3-26-10(2)12(9-23-26)8-22-17(28)14-7-16-24-13(11-4-5-11)6-15(18(19,20)21)27(16)25-14/h6-7,9,11H,3-5,8H2,1-2H3,(H,22,28). The summed E-state index contributed by atoms with van der Waals surface area (Å²) < 4.78 is 42.8. The minimum absolute atomic E-state index is 0.0249. The molecule has 0 unspecified atom stereocenters. The third-order valence-electron chi connectivity index (χ3n) is 4.91. The predicted octanol–water partition coefficient (Wildman–Crippen LogP) is 3.08. The Labute approximate surface area is 158 Å². The number of carbonyl (C=O) groups excluding carboxylic acids is 1. The molecule has 28 heavy (non-hydrogen) atoms. The zero-order chi connectivity index (χ0) is 20.1. The molecular formula is C18H19F3N6O. The second-order valence-electron chi connectivity index (χ2n) is 6.89. The van der Waals surface area contributed by atoms with Crippen molar-refractivity contribution in [2.75, 3.05) is 0 Å². The third-order valence-corrected chi connectivity index (χ3v) is 4.91. The maximum absolute atomic E-state index is 13.4. The normalized spacial score (nSPS) is 14.6. The van der Waals surface area contributed by atoms with Gasteiger partial charge in [-0.3, -0.25) is 9.48 Å². The van der Waals surface area contributed by atoms with Crippen LogP contribution in [0.5, 0.6) is 0 Å². The first-order valence-corrected chi connectivity index (χ1v) is 9.05. The Morgan fingerprint density at radius 3 is 2.68 bits per heavy atom. The fourth-order valence-electron chi connectivity index (χ4n) is 3.14. The summed E-state index contributed by atoms with van der Waals surface area (Å²) in [4.78, 5) is 16.7. The van der Waals surface area contributed by atoms with Crippen molar-refractivity contribution in [3.8, 4) is 0 Å². The largest absolute Gasteiger partial charge is 0.433 e. The van der Waals surface area contributed by atoms with Gasteiger partial charge in [-0.1, -0.05) is 0 Å². The molecule has 0 radical (unpaired) electrons. The van der Waals surface area contributed by atoms with Crippen LogP contribution in [0.2, 0.25) is 0 Å². The fourth-order valence-corrected chi connectivity index (χ4v) is 3.14. The van der Waals surface area contributed by atoms with Gasteiger partial charge >= 0.3 is 6.18 Å². The van der Waals surface area contributed by atoms with Gasteiger partial charge in [-0.15, -0.1) is 0 Å². The second-order valence-corrected chi connectivity index (χ2v) is 6.89. The van der Waals surface area contributed by atoms with Gasteiger partial charge < -0.3 is 5.32 Å². The van der Waals surface area contributed by atoms with Crippen LogP contribution in [0.4, 0.5) is 13.2 Å². The van der Waals surface area contributed by atoms with E-state index in [9.17, 15) is 18.0 Å². The van der Waals surface area contributed by atoms with Crippen LogP contribution >= 0.6 is 0 Å². The predicted molar refractivity (Wildman–Crippen MR) is 93.8 cm³/mol. The van der Waals surface area contributed by atoms with Crippen molar-refractivity contribution in [1.29, 1.82) is 0 Å². The van der Waals surface area contributed by atoms with E-state index in [1.807, 2.05) is 13.8 Å². The van der Waals surface area contributed by atoms with Gasteiger partial charge in [-0.05, 0) is 32.8 Å². The van der Waals surface area contributed by atoms with Crippen molar-refractivity contribution in [2.45, 2.75) is 51.9 Å². The Hall–Kier alpha value is -2.91. The summed E-state index contributed by atoms with van der Waals surface area (Å²) in [5.41, 5.74) is 1.16. The third kappa shape index (κ3) is 3.34. The van der Waals surface area contributed by atoms with E-state index in [0.717, 1.165) is 30.2 Å². The summed E-state index contributed by atoms with van der Waals surface area (Å²) in [6.45, 7) is 4.77. The Morgan fingerprint density at radius 2 is 2.07 bits per heavy atom. The smallest absolute Gasteiger partial charge is 0.346 e. The van der Waals surface area contributed by atoms with E-state index in [2.05, 4.69) is 20.5 Å². The van der Waals surface area contributed by atoms with E-state index < -0.39 is 17.8 Å². The molecule has 3 heterocycles. The average molecular weight is 392 g/mol. The van der Waals surface area contributed by atoms with Gasteiger partial charge in [0.25, 0.3) is 5.91 Å². The Balaban J connectivity index is 1.61. The van der Waals surface area contributed by atoms with Gasteiger partial charge in [-0.25, -0.2) is 9.50 Å². The lowest BCUT2D eigenvalue weighted by atomic mass is 10.2. The quantitative estimate of drug-likeness (QED) is 0.724. The summed E-state index contributed by atoms with van der Waals surface area (Å²) in [6, 6.07) is 2.32. The molecule has 4 rings (SSSR count). The number of hydrogen-bond acceptors (Lipinski definition) is 4. The van der Waals surface area contributed by atoms with Gasteiger partial charge in [0.2, 0.25) is 0 Å². The number of aryl methyl sites for hydroxylation is 1. The molecule has 0 atom stereocenters. The van der Waals surface area contributed by atoms with Gasteiger partial charge in [0.15, 0.2) is 11.3 Å². The first kappa shape index (κ1) is 18.5. The van der Waals surface area contributed by atoms with Gasteiger partial charge in [0, 0.05) is 42.0 Å². The molecule has 0 saturated heterocycles. The van der Waals surface area contributed by atoms with E-state index >= 15 is 0 Å². The van der Waals surface area contributed by atoms with Crippen LogP contribution in [-0.4, -0.2) is 30.3 Å². The highest BCUT2D eigenvalue weighted by atomic mass is 19.4. The highest BCUT2D eigenvalue weighted by molar-refractivity contribution is 5.93. The molecule has 1 amide bonds. The van der Waals surface area contributed by atoms with Crippen LogP contribution in [0.1, 0.15) is 58.8 Å². The van der Waals surface area contributed by atoms with E-state index in [1.54, 1.807) is 10.9 Å². The van der Waals surface area contributed by atoms with Crippen molar-refractivity contribution in [1.82, 2.24) is 29.7 Å². The molecule has 1 fully saturated rings. The van der Waals surface area contributed by atoms with Crippen LogP contribution in [0, 0.1) is 6.92 Å². The first-order chi connectivity index (χ1) is 13.3. The summed E-state index contributed by atoms with van der Waals surface area (Å²) >= 11 is 0. The van der Waals surface area contributed by atoms with Crippen LogP contribution in [0.15, 0.2) is 18.3 Å². The van der Waals surface area contributed by atoms with Gasteiger partial charge in [0.05, 0.1) is 6.20 Å². The number of amides is 1. The number of halogens is 3.